The van der Waals surface area contributed by atoms with E-state index in [0.29, 0.717) is 22.4 Å². The molecule has 5 nitrogen and oxygen atoms in total. The number of nitrogens with zero attached hydrogens (tertiary/aromatic N) is 4. The van der Waals surface area contributed by atoms with Crippen molar-refractivity contribution >= 4 is 28.8 Å². The van der Waals surface area contributed by atoms with E-state index in [1.165, 1.54) is 0 Å². The Kier molecular flexibility index (Phi) is 2.53. The van der Waals surface area contributed by atoms with E-state index in [0.717, 1.165) is 11.1 Å². The molecule has 18 heavy (non-hydrogen) atoms. The molecule has 3 aromatic rings. The third-order valence-electron chi connectivity index (χ3n) is 2.83. The van der Waals surface area contributed by atoms with Crippen molar-refractivity contribution in [1.29, 1.82) is 0 Å². The Bertz CT molecular complexity index is 747. The van der Waals surface area contributed by atoms with Crippen LogP contribution in [0, 0.1) is 13.8 Å². The van der Waals surface area contributed by atoms with Crippen molar-refractivity contribution in [2.45, 2.75) is 13.8 Å². The lowest BCUT2D eigenvalue weighted by Gasteiger charge is -2.03. The lowest BCUT2D eigenvalue weighted by Crippen LogP contribution is -1.99. The summed E-state index contributed by atoms with van der Waals surface area (Å²) in [4.78, 5) is 0. The monoisotopic (exact) mass is 282 g/mol. The molecule has 0 atom stereocenters. The molecule has 0 unspecified atom stereocenters. The van der Waals surface area contributed by atoms with E-state index in [4.69, 9.17) is 27.6 Å². The summed E-state index contributed by atoms with van der Waals surface area (Å²) in [6.45, 7) is 3.81. The Labute approximate surface area is 112 Å². The SMILES string of the molecule is Cc1c(Cl)nn2c(-c3ccc(Cl)o3)nnc2c1C. The van der Waals surface area contributed by atoms with Gasteiger partial charge in [0.2, 0.25) is 5.82 Å². The van der Waals surface area contributed by atoms with Crippen LogP contribution in [0.25, 0.3) is 17.2 Å². The molecule has 3 rings (SSSR count). The standard InChI is InChI=1S/C11H8Cl2N4O/c1-5-6(2)10-14-15-11(17(10)16-9(5)13)7-3-4-8(12)18-7/h3-4H,1-2H3. The number of hydrogen-bond acceptors (Lipinski definition) is 4. The van der Waals surface area contributed by atoms with Crippen molar-refractivity contribution in [2.24, 2.45) is 0 Å². The molecule has 0 fully saturated rings. The minimum absolute atomic E-state index is 0.289. The highest BCUT2D eigenvalue weighted by Crippen LogP contribution is 2.26. The summed E-state index contributed by atoms with van der Waals surface area (Å²) < 4.78 is 6.86. The zero-order valence-corrected chi connectivity index (χ0v) is 11.1. The van der Waals surface area contributed by atoms with Crippen LogP contribution in [-0.2, 0) is 0 Å². The van der Waals surface area contributed by atoms with Gasteiger partial charge >= 0.3 is 0 Å². The van der Waals surface area contributed by atoms with Crippen LogP contribution >= 0.6 is 23.2 Å². The number of aryl methyl sites for hydroxylation is 1. The second-order valence-corrected chi connectivity index (χ2v) is 4.63. The summed E-state index contributed by atoms with van der Waals surface area (Å²) in [7, 11) is 0. The average molecular weight is 283 g/mol. The maximum Gasteiger partial charge on any atom is 0.220 e. The summed E-state index contributed by atoms with van der Waals surface area (Å²) in [6.07, 6.45) is 0. The van der Waals surface area contributed by atoms with Crippen LogP contribution in [0.1, 0.15) is 11.1 Å². The summed E-state index contributed by atoms with van der Waals surface area (Å²) in [5, 5.41) is 13.1. The van der Waals surface area contributed by atoms with Crippen LogP contribution in [0.15, 0.2) is 16.5 Å². The summed E-state index contributed by atoms with van der Waals surface area (Å²) in [6, 6.07) is 3.35. The first-order valence-electron chi connectivity index (χ1n) is 5.21. The molecule has 0 aliphatic heterocycles. The van der Waals surface area contributed by atoms with Crippen LogP contribution in [0.2, 0.25) is 10.4 Å². The molecule has 0 aliphatic carbocycles. The summed E-state index contributed by atoms with van der Waals surface area (Å²) in [5.41, 5.74) is 2.48. The number of hydrogen-bond donors (Lipinski definition) is 0. The molecule has 0 amide bonds. The van der Waals surface area contributed by atoms with Gasteiger partial charge in [-0.1, -0.05) is 11.6 Å². The van der Waals surface area contributed by atoms with Gasteiger partial charge in [0.15, 0.2) is 21.8 Å². The lowest BCUT2D eigenvalue weighted by molar-refractivity contribution is 0.576. The van der Waals surface area contributed by atoms with Crippen LogP contribution < -0.4 is 0 Å². The number of aromatic nitrogens is 4. The lowest BCUT2D eigenvalue weighted by atomic mass is 10.2. The van der Waals surface area contributed by atoms with Gasteiger partial charge in [0.1, 0.15) is 0 Å². The zero-order chi connectivity index (χ0) is 12.9. The van der Waals surface area contributed by atoms with Crippen LogP contribution in [0.5, 0.6) is 0 Å². The van der Waals surface area contributed by atoms with Crippen molar-refractivity contribution in [2.75, 3.05) is 0 Å². The van der Waals surface area contributed by atoms with Gasteiger partial charge in [-0.3, -0.25) is 0 Å². The third-order valence-corrected chi connectivity index (χ3v) is 3.39. The molecule has 0 N–H and O–H groups in total. The molecule has 3 aromatic heterocycles. The van der Waals surface area contributed by atoms with Crippen LogP contribution in [0.3, 0.4) is 0 Å². The predicted octanol–water partition coefficient (Wildman–Crippen LogP) is 3.31. The fourth-order valence-corrected chi connectivity index (χ4v) is 2.05. The Morgan fingerprint density at radius 1 is 1.11 bits per heavy atom. The fraction of sp³-hybridized carbons (Fsp3) is 0.182. The van der Waals surface area contributed by atoms with E-state index in [-0.39, 0.29) is 5.22 Å². The van der Waals surface area contributed by atoms with Crippen LogP contribution in [0.4, 0.5) is 0 Å². The molecule has 92 valence electrons. The van der Waals surface area contributed by atoms with E-state index >= 15 is 0 Å². The predicted molar refractivity (Wildman–Crippen MR) is 68.0 cm³/mol. The first kappa shape index (κ1) is 11.5. The van der Waals surface area contributed by atoms with Crippen molar-refractivity contribution in [3.05, 3.63) is 33.6 Å². The van der Waals surface area contributed by atoms with E-state index in [9.17, 15) is 0 Å². The van der Waals surface area contributed by atoms with Gasteiger partial charge in [-0.25, -0.2) is 0 Å². The molecule has 0 spiro atoms. The summed E-state index contributed by atoms with van der Waals surface area (Å²) in [5.74, 6) is 0.973. The number of halogens is 2. The van der Waals surface area contributed by atoms with Gasteiger partial charge < -0.3 is 4.42 Å². The second kappa shape index (κ2) is 3.96. The smallest absolute Gasteiger partial charge is 0.220 e. The molecular weight excluding hydrogens is 275 g/mol. The molecule has 0 bridgehead atoms. The fourth-order valence-electron chi connectivity index (χ4n) is 1.68. The molecule has 0 radical (unpaired) electrons. The summed E-state index contributed by atoms with van der Waals surface area (Å²) >= 11 is 11.8. The number of fused-ring (bicyclic) bond motifs is 1. The van der Waals surface area contributed by atoms with E-state index in [2.05, 4.69) is 15.3 Å². The van der Waals surface area contributed by atoms with Crippen molar-refractivity contribution < 1.29 is 4.42 Å². The largest absolute Gasteiger partial charge is 0.441 e. The van der Waals surface area contributed by atoms with Gasteiger partial charge in [-0.05, 0) is 43.1 Å². The maximum absolute atomic E-state index is 6.07. The first-order valence-corrected chi connectivity index (χ1v) is 5.97. The molecule has 3 heterocycles. The van der Waals surface area contributed by atoms with E-state index in [1.807, 2.05) is 13.8 Å². The highest BCUT2D eigenvalue weighted by atomic mass is 35.5. The Morgan fingerprint density at radius 3 is 2.56 bits per heavy atom. The van der Waals surface area contributed by atoms with Gasteiger partial charge in [-0.2, -0.15) is 9.61 Å². The van der Waals surface area contributed by atoms with Crippen molar-refractivity contribution in [3.63, 3.8) is 0 Å². The van der Waals surface area contributed by atoms with Gasteiger partial charge in [-0.15, -0.1) is 10.2 Å². The van der Waals surface area contributed by atoms with Gasteiger partial charge in [0.25, 0.3) is 0 Å². The topological polar surface area (TPSA) is 56.2 Å². The first-order chi connectivity index (χ1) is 8.58. The Hall–Kier alpha value is -1.59. The van der Waals surface area contributed by atoms with E-state index < -0.39 is 0 Å². The van der Waals surface area contributed by atoms with Crippen molar-refractivity contribution in [3.8, 4) is 11.6 Å². The Balaban J connectivity index is 2.33. The zero-order valence-electron chi connectivity index (χ0n) is 9.61. The molecular formula is C11H8Cl2N4O. The normalized spacial score (nSPS) is 11.3. The van der Waals surface area contributed by atoms with Gasteiger partial charge in [0.05, 0.1) is 0 Å². The van der Waals surface area contributed by atoms with E-state index in [1.54, 1.807) is 16.6 Å². The maximum atomic E-state index is 6.07. The van der Waals surface area contributed by atoms with Crippen molar-refractivity contribution in [1.82, 2.24) is 19.8 Å². The molecule has 0 saturated heterocycles. The second-order valence-electron chi connectivity index (χ2n) is 3.90. The minimum atomic E-state index is 0.289. The third kappa shape index (κ3) is 1.59. The molecule has 0 saturated carbocycles. The quantitative estimate of drug-likeness (QED) is 0.687. The molecule has 0 aliphatic rings. The minimum Gasteiger partial charge on any atom is -0.441 e. The number of furan rings is 1. The number of rotatable bonds is 1. The molecule has 7 heteroatoms. The highest BCUT2D eigenvalue weighted by molar-refractivity contribution is 6.30. The van der Waals surface area contributed by atoms with Crippen LogP contribution in [-0.4, -0.2) is 19.8 Å². The highest BCUT2D eigenvalue weighted by Gasteiger charge is 2.16. The average Bonchev–Trinajstić information content (AvgIpc) is 2.92. The van der Waals surface area contributed by atoms with Gasteiger partial charge in [0, 0.05) is 5.56 Å². The Morgan fingerprint density at radius 2 is 1.89 bits per heavy atom. The molecule has 0 aromatic carbocycles.